The van der Waals surface area contributed by atoms with Gasteiger partial charge in [-0.3, -0.25) is 0 Å². The molecule has 1 aliphatic heterocycles. The predicted octanol–water partition coefficient (Wildman–Crippen LogP) is 14.6. The molecule has 304 valence electrons. The van der Waals surface area contributed by atoms with Crippen molar-refractivity contribution in [1.82, 2.24) is 14.5 Å². The molecule has 1 atom stereocenters. The average Bonchev–Trinajstić information content (AvgIpc) is 4.04. The van der Waals surface area contributed by atoms with Crippen LogP contribution in [0.2, 0.25) is 0 Å². The first-order chi connectivity index (χ1) is 32.3. The quantitative estimate of drug-likeness (QED) is 0.188. The molecule has 1 N–H and O–H groups in total. The molecular formula is C59H37N5O. The molecule has 4 heterocycles. The third-order valence-corrected chi connectivity index (χ3v) is 13.3. The summed E-state index contributed by atoms with van der Waals surface area (Å²) in [5, 5.41) is 15.1. The predicted molar refractivity (Wildman–Crippen MR) is 269 cm³/mol. The smallest absolute Gasteiger partial charge is 0.161 e. The number of fused-ring (bicyclic) bond motifs is 12. The van der Waals surface area contributed by atoms with E-state index in [2.05, 4.69) is 227 Å². The van der Waals surface area contributed by atoms with E-state index in [9.17, 15) is 0 Å². The van der Waals surface area contributed by atoms with Gasteiger partial charge in [-0.2, -0.15) is 0 Å². The van der Waals surface area contributed by atoms with E-state index in [1.807, 2.05) is 0 Å². The second-order valence-electron chi connectivity index (χ2n) is 16.9. The van der Waals surface area contributed by atoms with E-state index in [-0.39, 0.29) is 0 Å². The molecule has 0 aliphatic carbocycles. The number of benzene rings is 10. The zero-order chi connectivity index (χ0) is 42.6. The van der Waals surface area contributed by atoms with Gasteiger partial charge in [-0.05, 0) is 70.3 Å². The van der Waals surface area contributed by atoms with Crippen molar-refractivity contribution in [3.05, 3.63) is 229 Å². The van der Waals surface area contributed by atoms with E-state index in [1.54, 1.807) is 0 Å². The minimum atomic E-state index is -0.450. The van der Waals surface area contributed by atoms with Crippen LogP contribution in [-0.2, 0) is 0 Å². The van der Waals surface area contributed by atoms with Gasteiger partial charge < -0.3 is 18.9 Å². The Labute approximate surface area is 372 Å². The summed E-state index contributed by atoms with van der Waals surface area (Å²) in [4.78, 5) is 11.3. The van der Waals surface area contributed by atoms with Crippen LogP contribution in [0, 0.1) is 0 Å². The highest BCUT2D eigenvalue weighted by Gasteiger charge is 2.31. The Hall–Kier alpha value is -8.74. The number of rotatable bonds is 5. The summed E-state index contributed by atoms with van der Waals surface area (Å²) in [6.45, 7) is 0. The first kappa shape index (κ1) is 35.8. The van der Waals surface area contributed by atoms with Crippen molar-refractivity contribution >= 4 is 98.8 Å². The van der Waals surface area contributed by atoms with Crippen LogP contribution in [0.15, 0.2) is 227 Å². The zero-order valence-corrected chi connectivity index (χ0v) is 35.0. The van der Waals surface area contributed by atoms with Crippen molar-refractivity contribution in [3.8, 4) is 11.4 Å². The Balaban J connectivity index is 1.15. The number of aliphatic imine (C=N–C) groups is 2. The van der Waals surface area contributed by atoms with Crippen LogP contribution in [0.25, 0.3) is 98.5 Å². The highest BCUT2D eigenvalue weighted by atomic mass is 16.3. The van der Waals surface area contributed by atoms with Gasteiger partial charge in [0.2, 0.25) is 0 Å². The minimum absolute atomic E-state index is 0.450. The van der Waals surface area contributed by atoms with E-state index >= 15 is 0 Å². The minimum Gasteiger partial charge on any atom is -0.455 e. The number of nitrogens with zero attached hydrogens (tertiary/aromatic N) is 4. The molecule has 3 aromatic heterocycles. The SMILES string of the molecule is c1ccc(C2N=C(c3cccc4c5ccccc5n(-c5ccccc5)c34)N=C(c3c(-n4c5ccccc5c5cc6ccccc6cc54)c4c5ccccc5oc4c4ccccc34)N2)cc1. The van der Waals surface area contributed by atoms with Crippen molar-refractivity contribution in [1.29, 1.82) is 0 Å². The molecule has 10 aromatic carbocycles. The van der Waals surface area contributed by atoms with Crippen molar-refractivity contribution in [2.45, 2.75) is 6.17 Å². The molecule has 65 heavy (non-hydrogen) atoms. The Morgan fingerprint density at radius 3 is 1.85 bits per heavy atom. The summed E-state index contributed by atoms with van der Waals surface area (Å²) in [5.41, 5.74) is 11.1. The fourth-order valence-corrected chi connectivity index (χ4v) is 10.5. The number of aromatic nitrogens is 2. The summed E-state index contributed by atoms with van der Waals surface area (Å²) in [5.74, 6) is 1.38. The Kier molecular flexibility index (Phi) is 7.65. The van der Waals surface area contributed by atoms with Gasteiger partial charge in [0.15, 0.2) is 5.84 Å². The van der Waals surface area contributed by atoms with E-state index in [0.29, 0.717) is 5.84 Å². The van der Waals surface area contributed by atoms with Gasteiger partial charge in [-0.15, -0.1) is 0 Å². The standard InChI is InChI=1S/C59H37N5O/c1-3-18-36(19-4-1)57-60-58(46-30-17-29-43-40-24-11-14-31-48(40)63(54(43)46)39-22-5-2-6-23-39)62-59(61-57)53-42-26-9-10-27-44(42)56-52(45-28-13-16-33-51(45)65-56)55(53)64-49-32-15-12-25-41(49)47-34-37-20-7-8-21-38(37)35-50(47)64/h1-35,57H,(H,60,61,62). The van der Waals surface area contributed by atoms with Gasteiger partial charge in [0.1, 0.15) is 23.2 Å². The first-order valence-electron chi connectivity index (χ1n) is 22.1. The second kappa shape index (κ2) is 13.9. The first-order valence-corrected chi connectivity index (χ1v) is 22.1. The molecular weight excluding hydrogens is 795 g/mol. The number of hydrogen-bond acceptors (Lipinski definition) is 4. The summed E-state index contributed by atoms with van der Waals surface area (Å²) >= 11 is 0. The molecule has 0 saturated carbocycles. The van der Waals surface area contributed by atoms with Gasteiger partial charge in [0, 0.05) is 49.1 Å². The lowest BCUT2D eigenvalue weighted by atomic mass is 9.95. The molecule has 1 unspecified atom stereocenters. The molecule has 6 heteroatoms. The normalized spacial score (nSPS) is 14.3. The molecule has 14 rings (SSSR count). The fourth-order valence-electron chi connectivity index (χ4n) is 10.5. The van der Waals surface area contributed by atoms with Gasteiger partial charge in [0.25, 0.3) is 0 Å². The summed E-state index contributed by atoms with van der Waals surface area (Å²) in [7, 11) is 0. The molecule has 0 spiro atoms. The Morgan fingerprint density at radius 1 is 0.462 bits per heavy atom. The van der Waals surface area contributed by atoms with E-state index in [1.165, 1.54) is 26.9 Å². The third-order valence-electron chi connectivity index (χ3n) is 13.3. The number of furan rings is 1. The molecule has 0 amide bonds. The lowest BCUT2D eigenvalue weighted by Crippen LogP contribution is -2.34. The maximum atomic E-state index is 6.95. The van der Waals surface area contributed by atoms with Crippen LogP contribution >= 0.6 is 0 Å². The van der Waals surface area contributed by atoms with Crippen LogP contribution in [0.4, 0.5) is 0 Å². The zero-order valence-electron chi connectivity index (χ0n) is 35.0. The molecule has 0 radical (unpaired) electrons. The van der Waals surface area contributed by atoms with Gasteiger partial charge >= 0.3 is 0 Å². The van der Waals surface area contributed by atoms with Crippen LogP contribution in [0.3, 0.4) is 0 Å². The van der Waals surface area contributed by atoms with E-state index in [4.69, 9.17) is 14.4 Å². The van der Waals surface area contributed by atoms with E-state index in [0.717, 1.165) is 94.1 Å². The lowest BCUT2D eigenvalue weighted by Gasteiger charge is -2.27. The molecule has 0 fully saturated rings. The van der Waals surface area contributed by atoms with Crippen LogP contribution in [-0.4, -0.2) is 20.8 Å². The molecule has 0 saturated heterocycles. The van der Waals surface area contributed by atoms with Gasteiger partial charge in [-0.1, -0.05) is 164 Å². The number of amidine groups is 2. The number of nitrogens with one attached hydrogen (secondary N) is 1. The lowest BCUT2D eigenvalue weighted by molar-refractivity contribution is 0.672. The highest BCUT2D eigenvalue weighted by Crippen LogP contribution is 2.46. The van der Waals surface area contributed by atoms with E-state index < -0.39 is 6.17 Å². The van der Waals surface area contributed by atoms with Crippen molar-refractivity contribution in [2.24, 2.45) is 9.98 Å². The monoisotopic (exact) mass is 831 g/mol. The van der Waals surface area contributed by atoms with Crippen LogP contribution in [0.5, 0.6) is 0 Å². The summed E-state index contributed by atoms with van der Waals surface area (Å²) in [6, 6.07) is 75.4. The molecule has 1 aliphatic rings. The Morgan fingerprint density at radius 2 is 1.06 bits per heavy atom. The van der Waals surface area contributed by atoms with Crippen molar-refractivity contribution in [3.63, 3.8) is 0 Å². The molecule has 0 bridgehead atoms. The van der Waals surface area contributed by atoms with Crippen LogP contribution < -0.4 is 5.32 Å². The van der Waals surface area contributed by atoms with Crippen LogP contribution in [0.1, 0.15) is 22.9 Å². The maximum absolute atomic E-state index is 6.95. The summed E-state index contributed by atoms with van der Waals surface area (Å²) in [6.07, 6.45) is -0.450. The van der Waals surface area contributed by atoms with Crippen molar-refractivity contribution in [2.75, 3.05) is 0 Å². The summed E-state index contributed by atoms with van der Waals surface area (Å²) < 4.78 is 11.8. The topological polar surface area (TPSA) is 59.8 Å². The fraction of sp³-hybridized carbons (Fsp3) is 0.0169. The number of para-hydroxylation sites is 5. The number of hydrogen-bond donors (Lipinski definition) is 1. The van der Waals surface area contributed by atoms with Gasteiger partial charge in [-0.25, -0.2) is 9.98 Å². The van der Waals surface area contributed by atoms with Crippen molar-refractivity contribution < 1.29 is 4.42 Å². The third kappa shape index (κ3) is 5.28. The highest BCUT2D eigenvalue weighted by molar-refractivity contribution is 6.30. The molecule has 13 aromatic rings. The maximum Gasteiger partial charge on any atom is 0.161 e. The van der Waals surface area contributed by atoms with Gasteiger partial charge in [0.05, 0.1) is 33.1 Å². The second-order valence-corrected chi connectivity index (χ2v) is 16.9. The largest absolute Gasteiger partial charge is 0.455 e. The molecule has 6 nitrogen and oxygen atoms in total. The Bertz CT molecular complexity index is 4150. The average molecular weight is 832 g/mol.